The zero-order valence-corrected chi connectivity index (χ0v) is 20.9. The van der Waals surface area contributed by atoms with E-state index in [0.717, 1.165) is 43.3 Å². The number of hydrogen-bond donors (Lipinski definition) is 1. The second kappa shape index (κ2) is 6.58. The van der Waals surface area contributed by atoms with E-state index >= 15 is 0 Å². The van der Waals surface area contributed by atoms with Gasteiger partial charge in [-0.3, -0.25) is 9.59 Å². The predicted octanol–water partition coefficient (Wildman–Crippen LogP) is 7.11. The summed E-state index contributed by atoms with van der Waals surface area (Å²) >= 11 is 0. The van der Waals surface area contributed by atoms with Gasteiger partial charge in [0.05, 0.1) is 5.41 Å². The van der Waals surface area contributed by atoms with Gasteiger partial charge in [0.25, 0.3) is 0 Å². The molecule has 0 saturated heterocycles. The Kier molecular flexibility index (Phi) is 4.55. The zero-order valence-electron chi connectivity index (χ0n) is 20.9. The molecular formula is C29H37FO3. The number of ketones is 1. The van der Waals surface area contributed by atoms with Crippen LogP contribution in [0.1, 0.15) is 86.5 Å². The molecule has 6 atom stereocenters. The average Bonchev–Trinajstić information content (AvgIpc) is 2.75. The fourth-order valence-electron chi connectivity index (χ4n) is 8.64. The largest absolute Gasteiger partial charge is 0.504 e. The second-order valence-electron chi connectivity index (χ2n) is 12.9. The lowest BCUT2D eigenvalue weighted by atomic mass is 9.34. The molecule has 0 bridgehead atoms. The Bertz CT molecular complexity index is 1110. The van der Waals surface area contributed by atoms with Crippen LogP contribution < -0.4 is 0 Å². The lowest BCUT2D eigenvalue weighted by molar-refractivity contribution is -0.173. The Morgan fingerprint density at radius 3 is 2.33 bits per heavy atom. The van der Waals surface area contributed by atoms with Crippen LogP contribution in [0.25, 0.3) is 0 Å². The van der Waals surface area contributed by atoms with Crippen LogP contribution in [0, 0.1) is 33.0 Å². The van der Waals surface area contributed by atoms with Crippen molar-refractivity contribution in [2.24, 2.45) is 33.0 Å². The molecule has 4 heteroatoms. The maximum absolute atomic E-state index is 14.2. The smallest absolute Gasteiger partial charge is 0.307 e. The van der Waals surface area contributed by atoms with Crippen molar-refractivity contribution in [3.8, 4) is 0 Å². The molecule has 5 rings (SSSR count). The van der Waals surface area contributed by atoms with Gasteiger partial charge in [0.1, 0.15) is 0 Å². The number of carbonyl (C=O) groups is 2. The normalized spacial score (nSPS) is 46.8. The highest BCUT2D eigenvalue weighted by molar-refractivity contribution is 6.06. The molecule has 3 nitrogen and oxygen atoms in total. The number of allylic oxidation sites excluding steroid dienone is 7. The molecule has 0 aliphatic heterocycles. The summed E-state index contributed by atoms with van der Waals surface area (Å²) in [6.07, 6.45) is 12.2. The number of carbonyl (C=O) groups excluding carboxylic acids is 2. The third-order valence-corrected chi connectivity index (χ3v) is 11.3. The van der Waals surface area contributed by atoms with Gasteiger partial charge < -0.3 is 5.11 Å². The molecular weight excluding hydrogens is 415 g/mol. The van der Waals surface area contributed by atoms with Crippen molar-refractivity contribution in [3.63, 3.8) is 0 Å². The molecule has 5 aliphatic carbocycles. The first-order valence-electron chi connectivity index (χ1n) is 12.5. The van der Waals surface area contributed by atoms with E-state index in [1.807, 2.05) is 13.8 Å². The highest BCUT2D eigenvalue weighted by Gasteiger charge is 2.67. The molecule has 1 N–H and O–H groups in total. The fraction of sp³-hybridized carbons (Fsp3) is 0.655. The Morgan fingerprint density at radius 2 is 1.67 bits per heavy atom. The standard InChI is InChI=1S/C29H37FO3/c1-17-18-7-8-21-27(4,19(18)15-20(31)23(17)32)12-14-29(6)22-16-26(3,24(30)33)10-9-25(22,2)11-13-28(21,29)5/h7-8,15,22,32H,9-14,16H2,1-6H3/t22?,25-,26-,27+,28-,29+/m1/s1. The topological polar surface area (TPSA) is 54.4 Å². The van der Waals surface area contributed by atoms with Crippen molar-refractivity contribution < 1.29 is 19.1 Å². The third-order valence-electron chi connectivity index (χ3n) is 11.3. The Balaban J connectivity index is 1.64. The summed E-state index contributed by atoms with van der Waals surface area (Å²) in [5.74, 6) is -0.185. The molecule has 0 heterocycles. The van der Waals surface area contributed by atoms with E-state index in [1.165, 1.54) is 5.57 Å². The van der Waals surface area contributed by atoms with Crippen LogP contribution in [0.5, 0.6) is 0 Å². The minimum absolute atomic E-state index is 0.0555. The average molecular weight is 453 g/mol. The molecule has 0 radical (unpaired) electrons. The van der Waals surface area contributed by atoms with Gasteiger partial charge in [0.15, 0.2) is 5.76 Å². The van der Waals surface area contributed by atoms with Crippen LogP contribution in [-0.4, -0.2) is 16.9 Å². The van der Waals surface area contributed by atoms with E-state index in [4.69, 9.17) is 0 Å². The molecule has 0 amide bonds. The van der Waals surface area contributed by atoms with Crippen molar-refractivity contribution in [1.82, 2.24) is 0 Å². The maximum atomic E-state index is 14.2. The highest BCUT2D eigenvalue weighted by Crippen LogP contribution is 2.75. The van der Waals surface area contributed by atoms with E-state index in [1.54, 1.807) is 6.08 Å². The molecule has 33 heavy (non-hydrogen) atoms. The molecule has 1 unspecified atom stereocenters. The van der Waals surface area contributed by atoms with Crippen molar-refractivity contribution >= 4 is 11.8 Å². The van der Waals surface area contributed by atoms with Gasteiger partial charge >= 0.3 is 6.04 Å². The van der Waals surface area contributed by atoms with Gasteiger partial charge in [-0.05, 0) is 98.2 Å². The van der Waals surface area contributed by atoms with Gasteiger partial charge in [-0.2, -0.15) is 4.39 Å². The van der Waals surface area contributed by atoms with Gasteiger partial charge in [0.2, 0.25) is 5.78 Å². The molecule has 3 fully saturated rings. The molecule has 0 aromatic rings. The molecule has 178 valence electrons. The first kappa shape index (κ1) is 22.8. The van der Waals surface area contributed by atoms with E-state index in [9.17, 15) is 19.1 Å². The number of aliphatic hydroxyl groups is 1. The van der Waals surface area contributed by atoms with Gasteiger partial charge in [-0.25, -0.2) is 0 Å². The Labute approximate surface area is 196 Å². The number of fused-ring (bicyclic) bond motifs is 7. The van der Waals surface area contributed by atoms with Crippen LogP contribution in [0.3, 0.4) is 0 Å². The van der Waals surface area contributed by atoms with E-state index in [-0.39, 0.29) is 39.1 Å². The Hall–Kier alpha value is -1.97. The van der Waals surface area contributed by atoms with E-state index in [0.29, 0.717) is 18.4 Å². The van der Waals surface area contributed by atoms with Crippen LogP contribution in [-0.2, 0) is 9.59 Å². The van der Waals surface area contributed by atoms with Crippen molar-refractivity contribution in [2.75, 3.05) is 0 Å². The van der Waals surface area contributed by atoms with Crippen molar-refractivity contribution in [1.29, 1.82) is 0 Å². The minimum Gasteiger partial charge on any atom is -0.504 e. The monoisotopic (exact) mass is 452 g/mol. The second-order valence-corrected chi connectivity index (χ2v) is 12.9. The van der Waals surface area contributed by atoms with E-state index in [2.05, 4.69) is 39.8 Å². The van der Waals surface area contributed by atoms with Crippen LogP contribution in [0.4, 0.5) is 4.39 Å². The first-order chi connectivity index (χ1) is 15.2. The van der Waals surface area contributed by atoms with Gasteiger partial charge in [-0.1, -0.05) is 45.4 Å². The summed E-state index contributed by atoms with van der Waals surface area (Å²) < 4.78 is 14.2. The van der Waals surface area contributed by atoms with Gasteiger partial charge in [0, 0.05) is 11.0 Å². The van der Waals surface area contributed by atoms with Crippen LogP contribution in [0.15, 0.2) is 46.3 Å². The number of hydrogen-bond acceptors (Lipinski definition) is 3. The maximum Gasteiger partial charge on any atom is 0.307 e. The summed E-state index contributed by atoms with van der Waals surface area (Å²) in [7, 11) is 0. The van der Waals surface area contributed by atoms with E-state index < -0.39 is 11.5 Å². The lowest BCUT2D eigenvalue weighted by Crippen LogP contribution is -2.62. The quantitative estimate of drug-likeness (QED) is 0.431. The summed E-state index contributed by atoms with van der Waals surface area (Å²) in [4.78, 5) is 24.6. The van der Waals surface area contributed by atoms with Gasteiger partial charge in [-0.15, -0.1) is 0 Å². The number of rotatable bonds is 1. The zero-order chi connectivity index (χ0) is 24.2. The summed E-state index contributed by atoms with van der Waals surface area (Å²) in [6, 6.07) is -1.15. The van der Waals surface area contributed by atoms with Crippen molar-refractivity contribution in [3.05, 3.63) is 46.3 Å². The van der Waals surface area contributed by atoms with Crippen LogP contribution in [0.2, 0.25) is 0 Å². The lowest BCUT2D eigenvalue weighted by Gasteiger charge is -2.70. The highest BCUT2D eigenvalue weighted by atomic mass is 19.1. The Morgan fingerprint density at radius 1 is 1.00 bits per heavy atom. The summed E-state index contributed by atoms with van der Waals surface area (Å²) in [5.41, 5.74) is 2.84. The molecule has 0 spiro atoms. The molecule has 5 aliphatic rings. The first-order valence-corrected chi connectivity index (χ1v) is 12.5. The summed E-state index contributed by atoms with van der Waals surface area (Å²) in [6.45, 7) is 13.0. The number of halogens is 1. The SMILES string of the molecule is CC1=C(O)C(=O)C=C2C1=CC=C1[C@@]2(C)CC[C@@]2(C)C3C[C@](C)(C(=O)F)CC[C@]3(C)CC[C@]12C. The van der Waals surface area contributed by atoms with Crippen LogP contribution >= 0.6 is 0 Å². The fourth-order valence-corrected chi connectivity index (χ4v) is 8.64. The minimum atomic E-state index is -1.15. The third kappa shape index (κ3) is 2.67. The molecule has 3 saturated carbocycles. The molecule has 0 aromatic heterocycles. The number of aliphatic hydroxyl groups excluding tert-OH is 1. The van der Waals surface area contributed by atoms with Crippen molar-refractivity contribution in [2.45, 2.75) is 86.5 Å². The summed E-state index contributed by atoms with van der Waals surface area (Å²) in [5, 5.41) is 10.3. The molecule has 0 aromatic carbocycles. The predicted molar refractivity (Wildman–Crippen MR) is 127 cm³/mol.